The van der Waals surface area contributed by atoms with Gasteiger partial charge in [-0.25, -0.2) is 0 Å². The van der Waals surface area contributed by atoms with Crippen LogP contribution < -0.4 is 5.32 Å². The largest absolute Gasteiger partial charge is 0.467 e. The first-order valence-corrected chi connectivity index (χ1v) is 5.58. The molecule has 0 aliphatic heterocycles. The Kier molecular flexibility index (Phi) is 3.11. The lowest BCUT2D eigenvalue weighted by atomic mass is 10.2. The average Bonchev–Trinajstić information content (AvgIpc) is 2.73. The molecule has 1 aromatic heterocycles. The molecule has 0 aliphatic carbocycles. The lowest BCUT2D eigenvalue weighted by Crippen LogP contribution is -1.99. The molecule has 0 amide bonds. The summed E-state index contributed by atoms with van der Waals surface area (Å²) in [6.45, 7) is 2.79. The Hall–Kier alpha value is -1.22. The van der Waals surface area contributed by atoms with Crippen molar-refractivity contribution in [3.63, 3.8) is 0 Å². The van der Waals surface area contributed by atoms with Gasteiger partial charge in [-0.15, -0.1) is 0 Å². The fraction of sp³-hybridized carbons (Fsp3) is 0.167. The van der Waals surface area contributed by atoms with Crippen molar-refractivity contribution in [1.29, 1.82) is 0 Å². The number of hydrogen-bond acceptors (Lipinski definition) is 2. The standard InChI is InChI=1S/C12H12BrNO/c1-9-11(13)5-2-6-12(9)14-8-10-4-3-7-15-10/h2-7,14H,8H2,1H3. The predicted octanol–water partition coefficient (Wildman–Crippen LogP) is 3.96. The van der Waals surface area contributed by atoms with E-state index >= 15 is 0 Å². The van der Waals surface area contributed by atoms with Crippen LogP contribution in [0.15, 0.2) is 45.5 Å². The molecule has 78 valence electrons. The van der Waals surface area contributed by atoms with Crippen molar-refractivity contribution in [3.8, 4) is 0 Å². The summed E-state index contributed by atoms with van der Waals surface area (Å²) in [4.78, 5) is 0. The highest BCUT2D eigenvalue weighted by Crippen LogP contribution is 2.23. The van der Waals surface area contributed by atoms with Gasteiger partial charge in [0.25, 0.3) is 0 Å². The second kappa shape index (κ2) is 4.53. The molecule has 3 heteroatoms. The van der Waals surface area contributed by atoms with Crippen molar-refractivity contribution in [2.75, 3.05) is 5.32 Å². The quantitative estimate of drug-likeness (QED) is 0.909. The molecule has 0 atom stereocenters. The normalized spacial score (nSPS) is 10.3. The van der Waals surface area contributed by atoms with Gasteiger partial charge in [-0.1, -0.05) is 22.0 Å². The van der Waals surface area contributed by atoms with Gasteiger partial charge in [-0.2, -0.15) is 0 Å². The zero-order valence-electron chi connectivity index (χ0n) is 8.46. The Morgan fingerprint density at radius 2 is 2.13 bits per heavy atom. The lowest BCUT2D eigenvalue weighted by molar-refractivity contribution is 0.518. The Morgan fingerprint density at radius 3 is 2.87 bits per heavy atom. The third-order valence-electron chi connectivity index (χ3n) is 2.30. The van der Waals surface area contributed by atoms with Gasteiger partial charge in [0.1, 0.15) is 5.76 Å². The number of rotatable bonds is 3. The number of nitrogens with one attached hydrogen (secondary N) is 1. The fourth-order valence-corrected chi connectivity index (χ4v) is 1.76. The molecule has 1 heterocycles. The van der Waals surface area contributed by atoms with E-state index in [1.807, 2.05) is 24.3 Å². The van der Waals surface area contributed by atoms with Crippen LogP contribution in [0.4, 0.5) is 5.69 Å². The molecule has 0 fully saturated rings. The summed E-state index contributed by atoms with van der Waals surface area (Å²) in [5.41, 5.74) is 2.34. The first-order valence-electron chi connectivity index (χ1n) is 4.79. The molecule has 1 aromatic carbocycles. The van der Waals surface area contributed by atoms with Crippen LogP contribution in [0.2, 0.25) is 0 Å². The maximum absolute atomic E-state index is 5.25. The van der Waals surface area contributed by atoms with Crippen LogP contribution in [-0.2, 0) is 6.54 Å². The number of hydrogen-bond donors (Lipinski definition) is 1. The minimum Gasteiger partial charge on any atom is -0.467 e. The number of halogens is 1. The van der Waals surface area contributed by atoms with Crippen LogP contribution in [0.3, 0.4) is 0 Å². The van der Waals surface area contributed by atoms with Crippen LogP contribution in [0.5, 0.6) is 0 Å². The van der Waals surface area contributed by atoms with Gasteiger partial charge in [0.2, 0.25) is 0 Å². The van der Waals surface area contributed by atoms with E-state index in [0.29, 0.717) is 6.54 Å². The van der Waals surface area contributed by atoms with Crippen molar-refractivity contribution in [3.05, 3.63) is 52.4 Å². The van der Waals surface area contributed by atoms with E-state index < -0.39 is 0 Å². The summed E-state index contributed by atoms with van der Waals surface area (Å²) in [5, 5.41) is 3.33. The van der Waals surface area contributed by atoms with Crippen LogP contribution in [-0.4, -0.2) is 0 Å². The third kappa shape index (κ3) is 2.42. The maximum atomic E-state index is 5.25. The highest BCUT2D eigenvalue weighted by atomic mass is 79.9. The smallest absolute Gasteiger partial charge is 0.122 e. The molecule has 0 saturated heterocycles. The van der Waals surface area contributed by atoms with Gasteiger partial charge >= 0.3 is 0 Å². The molecule has 0 aliphatic rings. The molecule has 0 radical (unpaired) electrons. The Balaban J connectivity index is 2.08. The van der Waals surface area contributed by atoms with Crippen molar-refractivity contribution in [2.45, 2.75) is 13.5 Å². The molecule has 0 bridgehead atoms. The van der Waals surface area contributed by atoms with E-state index in [4.69, 9.17) is 4.42 Å². The SMILES string of the molecule is Cc1c(Br)cccc1NCc1ccco1. The summed E-state index contributed by atoms with van der Waals surface area (Å²) in [5.74, 6) is 0.939. The summed E-state index contributed by atoms with van der Waals surface area (Å²) in [6.07, 6.45) is 1.69. The molecule has 0 spiro atoms. The molecular formula is C12H12BrNO. The van der Waals surface area contributed by atoms with Crippen LogP contribution in [0, 0.1) is 6.92 Å². The maximum Gasteiger partial charge on any atom is 0.122 e. The first-order chi connectivity index (χ1) is 7.27. The highest BCUT2D eigenvalue weighted by Gasteiger charge is 2.01. The van der Waals surface area contributed by atoms with Gasteiger partial charge in [-0.05, 0) is 36.8 Å². The fourth-order valence-electron chi connectivity index (χ4n) is 1.39. The van der Waals surface area contributed by atoms with E-state index in [9.17, 15) is 0 Å². The van der Waals surface area contributed by atoms with Crippen LogP contribution in [0.1, 0.15) is 11.3 Å². The molecule has 2 aromatic rings. The van der Waals surface area contributed by atoms with E-state index in [1.54, 1.807) is 6.26 Å². The number of benzene rings is 1. The van der Waals surface area contributed by atoms with Crippen molar-refractivity contribution < 1.29 is 4.42 Å². The average molecular weight is 266 g/mol. The zero-order chi connectivity index (χ0) is 10.7. The molecule has 15 heavy (non-hydrogen) atoms. The van der Waals surface area contributed by atoms with E-state index in [1.165, 1.54) is 5.56 Å². The van der Waals surface area contributed by atoms with Crippen LogP contribution >= 0.6 is 15.9 Å². The molecule has 0 unspecified atom stereocenters. The minimum atomic E-state index is 0.713. The Labute approximate surface area is 97.4 Å². The van der Waals surface area contributed by atoms with Crippen molar-refractivity contribution in [2.24, 2.45) is 0 Å². The Morgan fingerprint density at radius 1 is 1.27 bits per heavy atom. The minimum absolute atomic E-state index is 0.713. The summed E-state index contributed by atoms with van der Waals surface area (Å²) >= 11 is 3.50. The number of furan rings is 1. The zero-order valence-corrected chi connectivity index (χ0v) is 10.0. The van der Waals surface area contributed by atoms with Gasteiger partial charge in [0, 0.05) is 10.2 Å². The van der Waals surface area contributed by atoms with E-state index in [0.717, 1.165) is 15.9 Å². The van der Waals surface area contributed by atoms with Crippen LogP contribution in [0.25, 0.3) is 0 Å². The molecule has 0 saturated carbocycles. The second-order valence-corrected chi connectivity index (χ2v) is 4.20. The number of anilines is 1. The van der Waals surface area contributed by atoms with Crippen molar-refractivity contribution in [1.82, 2.24) is 0 Å². The highest BCUT2D eigenvalue weighted by molar-refractivity contribution is 9.10. The van der Waals surface area contributed by atoms with Gasteiger partial charge < -0.3 is 9.73 Å². The molecular weight excluding hydrogens is 254 g/mol. The molecule has 2 rings (SSSR count). The summed E-state index contributed by atoms with van der Waals surface area (Å²) in [7, 11) is 0. The predicted molar refractivity (Wildman–Crippen MR) is 64.9 cm³/mol. The van der Waals surface area contributed by atoms with Gasteiger partial charge in [0.15, 0.2) is 0 Å². The topological polar surface area (TPSA) is 25.2 Å². The Bertz CT molecular complexity index is 437. The third-order valence-corrected chi connectivity index (χ3v) is 3.16. The molecule has 1 N–H and O–H groups in total. The van der Waals surface area contributed by atoms with E-state index in [2.05, 4.69) is 34.2 Å². The second-order valence-electron chi connectivity index (χ2n) is 3.35. The molecule has 2 nitrogen and oxygen atoms in total. The summed E-state index contributed by atoms with van der Waals surface area (Å²) in [6, 6.07) is 9.96. The lowest BCUT2D eigenvalue weighted by Gasteiger charge is -2.09. The van der Waals surface area contributed by atoms with Crippen molar-refractivity contribution >= 4 is 21.6 Å². The first kappa shape index (κ1) is 10.3. The van der Waals surface area contributed by atoms with E-state index in [-0.39, 0.29) is 0 Å². The monoisotopic (exact) mass is 265 g/mol. The van der Waals surface area contributed by atoms with Gasteiger partial charge in [-0.3, -0.25) is 0 Å². The summed E-state index contributed by atoms with van der Waals surface area (Å²) < 4.78 is 6.37. The van der Waals surface area contributed by atoms with Gasteiger partial charge in [0.05, 0.1) is 12.8 Å².